The van der Waals surface area contributed by atoms with E-state index >= 15 is 0 Å². The zero-order valence-electron chi connectivity index (χ0n) is 16.9. The smallest absolute Gasteiger partial charge is 0.262 e. The Morgan fingerprint density at radius 2 is 2.00 bits per heavy atom. The molecule has 1 aliphatic rings. The van der Waals surface area contributed by atoms with Crippen LogP contribution in [-0.2, 0) is 14.4 Å². The molecule has 156 valence electrons. The molecule has 0 unspecified atom stereocenters. The number of ether oxygens (including phenoxy) is 1. The van der Waals surface area contributed by atoms with E-state index in [1.54, 1.807) is 35.2 Å². The second kappa shape index (κ2) is 9.73. The molecule has 7 heteroatoms. The number of nitrogens with zero attached hydrogens (tertiary/aromatic N) is 1. The van der Waals surface area contributed by atoms with E-state index in [0.717, 1.165) is 11.3 Å². The summed E-state index contributed by atoms with van der Waals surface area (Å²) in [6, 6.07) is 14.4. The first kappa shape index (κ1) is 21.1. The molecule has 0 radical (unpaired) electrons. The molecule has 1 saturated heterocycles. The largest absolute Gasteiger partial charge is 0.484 e. The third-order valence-electron chi connectivity index (χ3n) is 4.74. The van der Waals surface area contributed by atoms with Gasteiger partial charge in [-0.05, 0) is 48.9 Å². The Balaban J connectivity index is 1.52. The Morgan fingerprint density at radius 3 is 2.70 bits per heavy atom. The van der Waals surface area contributed by atoms with Gasteiger partial charge in [0.2, 0.25) is 11.8 Å². The number of hydrogen-bond acceptors (Lipinski definition) is 4. The summed E-state index contributed by atoms with van der Waals surface area (Å²) < 4.78 is 5.53. The second-order valence-electron chi connectivity index (χ2n) is 7.14. The zero-order valence-corrected chi connectivity index (χ0v) is 16.9. The number of amides is 3. The molecule has 0 aliphatic carbocycles. The lowest BCUT2D eigenvalue weighted by Crippen LogP contribution is -2.32. The molecule has 30 heavy (non-hydrogen) atoms. The lowest BCUT2D eigenvalue weighted by atomic mass is 10.1. The van der Waals surface area contributed by atoms with Crippen molar-refractivity contribution in [1.82, 2.24) is 5.32 Å². The zero-order chi connectivity index (χ0) is 21.5. The third-order valence-corrected chi connectivity index (χ3v) is 4.74. The maximum Gasteiger partial charge on any atom is 0.262 e. The number of carbonyl (C=O) groups excluding carboxylic acids is 3. The Labute approximate surface area is 175 Å². The van der Waals surface area contributed by atoms with Gasteiger partial charge in [0.1, 0.15) is 5.75 Å². The van der Waals surface area contributed by atoms with Gasteiger partial charge in [0.25, 0.3) is 5.91 Å². The fourth-order valence-corrected chi connectivity index (χ4v) is 3.24. The monoisotopic (exact) mass is 407 g/mol. The number of carbonyl (C=O) groups is 3. The second-order valence-corrected chi connectivity index (χ2v) is 7.14. The van der Waals surface area contributed by atoms with Gasteiger partial charge in [-0.3, -0.25) is 14.4 Å². The molecule has 1 heterocycles. The van der Waals surface area contributed by atoms with Crippen molar-refractivity contribution in [2.75, 3.05) is 29.9 Å². The number of benzene rings is 2. The van der Waals surface area contributed by atoms with Crippen LogP contribution in [-0.4, -0.2) is 37.4 Å². The topological polar surface area (TPSA) is 87.7 Å². The molecule has 2 aromatic carbocycles. The molecule has 2 N–H and O–H groups in total. The fraction of sp³-hybridized carbons (Fsp3) is 0.261. The van der Waals surface area contributed by atoms with E-state index in [1.165, 1.54) is 0 Å². The first-order chi connectivity index (χ1) is 14.5. The number of aryl methyl sites for hydroxylation is 1. The fourth-order valence-electron chi connectivity index (χ4n) is 3.24. The van der Waals surface area contributed by atoms with Gasteiger partial charge in [-0.2, -0.15) is 0 Å². The van der Waals surface area contributed by atoms with E-state index in [0.29, 0.717) is 24.5 Å². The van der Waals surface area contributed by atoms with Crippen molar-refractivity contribution in [3.8, 4) is 5.75 Å². The third kappa shape index (κ3) is 5.47. The van der Waals surface area contributed by atoms with Crippen molar-refractivity contribution in [2.45, 2.75) is 13.3 Å². The predicted molar refractivity (Wildman–Crippen MR) is 115 cm³/mol. The highest BCUT2D eigenvalue weighted by Crippen LogP contribution is 2.27. The lowest BCUT2D eigenvalue weighted by molar-refractivity contribution is -0.126. The van der Waals surface area contributed by atoms with Gasteiger partial charge in [-0.1, -0.05) is 18.2 Å². The van der Waals surface area contributed by atoms with Gasteiger partial charge in [-0.25, -0.2) is 0 Å². The summed E-state index contributed by atoms with van der Waals surface area (Å²) in [6.45, 7) is 6.11. The number of hydrogen-bond donors (Lipinski definition) is 2. The maximum atomic E-state index is 12.3. The highest BCUT2D eigenvalue weighted by Gasteiger charge is 2.34. The van der Waals surface area contributed by atoms with E-state index < -0.39 is 0 Å². The molecule has 0 bridgehead atoms. The number of nitrogens with one attached hydrogen (secondary N) is 2. The van der Waals surface area contributed by atoms with Crippen LogP contribution in [0.2, 0.25) is 0 Å². The molecule has 0 spiro atoms. The van der Waals surface area contributed by atoms with E-state index in [-0.39, 0.29) is 36.7 Å². The lowest BCUT2D eigenvalue weighted by Gasteiger charge is -2.17. The van der Waals surface area contributed by atoms with E-state index in [4.69, 9.17) is 4.74 Å². The van der Waals surface area contributed by atoms with E-state index in [1.807, 2.05) is 31.2 Å². The average molecular weight is 407 g/mol. The molecule has 0 aromatic heterocycles. The summed E-state index contributed by atoms with van der Waals surface area (Å²) in [7, 11) is 0. The number of rotatable bonds is 8. The Hall–Kier alpha value is -3.61. The Bertz CT molecular complexity index is 940. The highest BCUT2D eigenvalue weighted by molar-refractivity contribution is 6.00. The van der Waals surface area contributed by atoms with Gasteiger partial charge in [0.05, 0.1) is 5.92 Å². The molecule has 7 nitrogen and oxygen atoms in total. The van der Waals surface area contributed by atoms with E-state index in [9.17, 15) is 14.4 Å². The van der Waals surface area contributed by atoms with E-state index in [2.05, 4.69) is 17.2 Å². The minimum Gasteiger partial charge on any atom is -0.484 e. The van der Waals surface area contributed by atoms with Crippen molar-refractivity contribution in [1.29, 1.82) is 0 Å². The molecule has 1 aliphatic heterocycles. The summed E-state index contributed by atoms with van der Waals surface area (Å²) >= 11 is 0. The van der Waals surface area contributed by atoms with Gasteiger partial charge < -0.3 is 20.3 Å². The average Bonchev–Trinajstić information content (AvgIpc) is 3.12. The molecule has 3 amide bonds. The first-order valence-electron chi connectivity index (χ1n) is 9.74. The SMILES string of the molecule is C=CCNC(=O)[C@H]1CC(=O)N(c2ccc(OCC(=O)Nc3cccc(C)c3)cc2)C1. The Morgan fingerprint density at radius 1 is 1.23 bits per heavy atom. The van der Waals surface area contributed by atoms with Crippen LogP contribution in [0.5, 0.6) is 5.75 Å². The molecular formula is C23H25N3O4. The molecule has 0 saturated carbocycles. The molecule has 1 fully saturated rings. The van der Waals surface area contributed by atoms with Crippen LogP contribution in [0, 0.1) is 12.8 Å². The summed E-state index contributed by atoms with van der Waals surface area (Å²) in [5, 5.41) is 5.51. The Kier molecular flexibility index (Phi) is 6.85. The minimum atomic E-state index is -0.376. The summed E-state index contributed by atoms with van der Waals surface area (Å²) in [6.07, 6.45) is 1.78. The van der Waals surface area contributed by atoms with Gasteiger partial charge >= 0.3 is 0 Å². The van der Waals surface area contributed by atoms with Crippen molar-refractivity contribution >= 4 is 29.1 Å². The summed E-state index contributed by atoms with van der Waals surface area (Å²) in [5.41, 5.74) is 2.47. The molecule has 2 aromatic rings. The van der Waals surface area contributed by atoms with Crippen LogP contribution in [0.15, 0.2) is 61.2 Å². The van der Waals surface area contributed by atoms with Crippen LogP contribution in [0.1, 0.15) is 12.0 Å². The minimum absolute atomic E-state index is 0.0973. The first-order valence-corrected chi connectivity index (χ1v) is 9.74. The van der Waals surface area contributed by atoms with Gasteiger partial charge in [0, 0.05) is 30.9 Å². The van der Waals surface area contributed by atoms with Crippen molar-refractivity contribution in [2.24, 2.45) is 5.92 Å². The van der Waals surface area contributed by atoms with Crippen molar-refractivity contribution < 1.29 is 19.1 Å². The van der Waals surface area contributed by atoms with Crippen molar-refractivity contribution in [3.63, 3.8) is 0 Å². The highest BCUT2D eigenvalue weighted by atomic mass is 16.5. The number of anilines is 2. The van der Waals surface area contributed by atoms with Crippen LogP contribution in [0.3, 0.4) is 0 Å². The van der Waals surface area contributed by atoms with Crippen molar-refractivity contribution in [3.05, 3.63) is 66.7 Å². The summed E-state index contributed by atoms with van der Waals surface area (Å²) in [5.74, 6) is -0.359. The molecule has 3 rings (SSSR count). The standard InChI is InChI=1S/C23H25N3O4/c1-3-11-24-23(29)17-13-22(28)26(14-17)19-7-9-20(10-8-19)30-15-21(27)25-18-6-4-5-16(2)12-18/h3-10,12,17H,1,11,13-15H2,2H3,(H,24,29)(H,25,27)/t17-/m0/s1. The van der Waals surface area contributed by atoms with Crippen LogP contribution in [0.25, 0.3) is 0 Å². The summed E-state index contributed by atoms with van der Waals surface area (Å²) in [4.78, 5) is 38.0. The van der Waals surface area contributed by atoms with Gasteiger partial charge in [-0.15, -0.1) is 6.58 Å². The van der Waals surface area contributed by atoms with Crippen LogP contribution in [0.4, 0.5) is 11.4 Å². The normalized spacial score (nSPS) is 15.6. The maximum absolute atomic E-state index is 12.3. The quantitative estimate of drug-likeness (QED) is 0.659. The predicted octanol–water partition coefficient (Wildman–Crippen LogP) is 2.67. The van der Waals surface area contributed by atoms with Crippen LogP contribution >= 0.6 is 0 Å². The van der Waals surface area contributed by atoms with Crippen LogP contribution < -0.4 is 20.3 Å². The van der Waals surface area contributed by atoms with Gasteiger partial charge in [0.15, 0.2) is 6.61 Å². The molecular weight excluding hydrogens is 382 g/mol. The molecule has 1 atom stereocenters.